The summed E-state index contributed by atoms with van der Waals surface area (Å²) in [4.78, 5) is 0.106. The molecule has 6 nitrogen and oxygen atoms in total. The van der Waals surface area contributed by atoms with Gasteiger partial charge < -0.3 is 5.73 Å². The fourth-order valence-corrected chi connectivity index (χ4v) is 3.44. The fourth-order valence-electron chi connectivity index (χ4n) is 1.98. The number of aryl methyl sites for hydroxylation is 1. The van der Waals surface area contributed by atoms with Crippen LogP contribution in [0.4, 0.5) is 5.69 Å². The van der Waals surface area contributed by atoms with Gasteiger partial charge in [0.25, 0.3) is 0 Å². The molecule has 0 amide bonds. The van der Waals surface area contributed by atoms with Crippen molar-refractivity contribution in [2.24, 2.45) is 0 Å². The average Bonchev–Trinajstić information content (AvgIpc) is 2.87. The minimum atomic E-state index is -3.65. The quantitative estimate of drug-likeness (QED) is 0.819. The summed E-state index contributed by atoms with van der Waals surface area (Å²) in [6.45, 7) is 3.92. The third-order valence-corrected chi connectivity index (χ3v) is 5.03. The predicted molar refractivity (Wildman–Crippen MR) is 82.6 cm³/mol. The molecule has 0 radical (unpaired) electrons. The Morgan fingerprint density at radius 2 is 2.19 bits per heavy atom. The molecule has 1 atom stereocenters. The number of nitrogen functional groups attached to an aromatic ring is 1. The molecule has 0 bridgehead atoms. The maximum atomic E-state index is 12.3. The zero-order valence-corrected chi connectivity index (χ0v) is 13.3. The minimum Gasteiger partial charge on any atom is -0.397 e. The third-order valence-electron chi connectivity index (χ3n) is 2.94. The summed E-state index contributed by atoms with van der Waals surface area (Å²) in [6, 6.07) is 4.33. The molecule has 3 N–H and O–H groups in total. The number of nitrogens with two attached hydrogens (primary N) is 1. The molecule has 0 spiro atoms. The van der Waals surface area contributed by atoms with Crippen LogP contribution >= 0.6 is 11.6 Å². The molecule has 1 aromatic heterocycles. The molecule has 0 aliphatic rings. The van der Waals surface area contributed by atoms with Crippen LogP contribution in [-0.4, -0.2) is 24.2 Å². The minimum absolute atomic E-state index is 0.106. The molecule has 1 unspecified atom stereocenters. The van der Waals surface area contributed by atoms with Crippen LogP contribution in [0.5, 0.6) is 0 Å². The van der Waals surface area contributed by atoms with Gasteiger partial charge in [-0.3, -0.25) is 4.68 Å². The number of aromatic nitrogens is 2. The molecule has 0 saturated heterocycles. The summed E-state index contributed by atoms with van der Waals surface area (Å²) < 4.78 is 29.0. The van der Waals surface area contributed by atoms with Gasteiger partial charge in [-0.25, -0.2) is 13.1 Å². The Hall–Kier alpha value is -1.57. The number of rotatable bonds is 5. The topological polar surface area (TPSA) is 90.0 Å². The number of sulfonamides is 1. The fraction of sp³-hybridized carbons (Fsp3) is 0.308. The lowest BCUT2D eigenvalue weighted by atomic mass is 10.2. The first kappa shape index (κ1) is 15.8. The lowest BCUT2D eigenvalue weighted by Gasteiger charge is -2.15. The first-order valence-corrected chi connectivity index (χ1v) is 8.21. The molecule has 0 aliphatic carbocycles. The summed E-state index contributed by atoms with van der Waals surface area (Å²) >= 11 is 5.95. The lowest BCUT2D eigenvalue weighted by Crippen LogP contribution is -2.35. The van der Waals surface area contributed by atoms with Crippen molar-refractivity contribution in [3.05, 3.63) is 41.2 Å². The Kier molecular flexibility index (Phi) is 4.55. The molecule has 8 heteroatoms. The molecule has 1 aromatic carbocycles. The van der Waals surface area contributed by atoms with Crippen LogP contribution in [0.15, 0.2) is 35.5 Å². The van der Waals surface area contributed by atoms with Crippen molar-refractivity contribution >= 4 is 27.3 Å². The molecule has 0 saturated carbocycles. The number of benzene rings is 1. The first-order valence-electron chi connectivity index (χ1n) is 6.35. The lowest BCUT2D eigenvalue weighted by molar-refractivity contribution is 0.494. The second-order valence-electron chi connectivity index (χ2n) is 4.89. The summed E-state index contributed by atoms with van der Waals surface area (Å²) in [5.74, 6) is 0. The van der Waals surface area contributed by atoms with Crippen molar-refractivity contribution < 1.29 is 8.42 Å². The molecule has 1 heterocycles. The highest BCUT2D eigenvalue weighted by Crippen LogP contribution is 2.26. The Balaban J connectivity index is 2.18. The SMILES string of the molecule is Cc1cc(S(=O)(=O)NC(C)Cn2cccn2)cc(N)c1Cl. The van der Waals surface area contributed by atoms with Gasteiger partial charge in [-0.1, -0.05) is 11.6 Å². The largest absolute Gasteiger partial charge is 0.397 e. The highest BCUT2D eigenvalue weighted by molar-refractivity contribution is 7.89. The Morgan fingerprint density at radius 3 is 2.76 bits per heavy atom. The van der Waals surface area contributed by atoms with E-state index in [1.54, 1.807) is 37.0 Å². The van der Waals surface area contributed by atoms with E-state index in [1.807, 2.05) is 0 Å². The Bertz CT molecular complexity index is 706. The van der Waals surface area contributed by atoms with E-state index in [0.29, 0.717) is 17.1 Å². The van der Waals surface area contributed by atoms with Gasteiger partial charge in [0.15, 0.2) is 0 Å². The van der Waals surface area contributed by atoms with E-state index in [2.05, 4.69) is 9.82 Å². The van der Waals surface area contributed by atoms with Crippen LogP contribution in [0, 0.1) is 6.92 Å². The maximum absolute atomic E-state index is 12.3. The molecular weight excluding hydrogens is 312 g/mol. The first-order chi connectivity index (χ1) is 9.79. The van der Waals surface area contributed by atoms with E-state index in [9.17, 15) is 8.42 Å². The summed E-state index contributed by atoms with van der Waals surface area (Å²) in [5.41, 5.74) is 6.59. The van der Waals surface area contributed by atoms with E-state index >= 15 is 0 Å². The van der Waals surface area contributed by atoms with Crippen LogP contribution < -0.4 is 10.5 Å². The van der Waals surface area contributed by atoms with Gasteiger partial charge >= 0.3 is 0 Å². The number of nitrogens with zero attached hydrogens (tertiary/aromatic N) is 2. The zero-order valence-electron chi connectivity index (χ0n) is 11.7. The van der Waals surface area contributed by atoms with Gasteiger partial charge in [0.1, 0.15) is 0 Å². The smallest absolute Gasteiger partial charge is 0.240 e. The van der Waals surface area contributed by atoms with Gasteiger partial charge in [-0.05, 0) is 37.6 Å². The van der Waals surface area contributed by atoms with Crippen molar-refractivity contribution in [2.45, 2.75) is 31.3 Å². The van der Waals surface area contributed by atoms with E-state index in [-0.39, 0.29) is 16.6 Å². The van der Waals surface area contributed by atoms with Crippen molar-refractivity contribution in [1.82, 2.24) is 14.5 Å². The zero-order chi connectivity index (χ0) is 15.6. The van der Waals surface area contributed by atoms with Gasteiger partial charge in [0.2, 0.25) is 10.0 Å². The second kappa shape index (κ2) is 6.05. The number of halogens is 1. The van der Waals surface area contributed by atoms with Crippen molar-refractivity contribution in [3.63, 3.8) is 0 Å². The molecule has 114 valence electrons. The van der Waals surface area contributed by atoms with Gasteiger partial charge in [0.05, 0.1) is 22.2 Å². The van der Waals surface area contributed by atoms with Crippen LogP contribution in [0.3, 0.4) is 0 Å². The average molecular weight is 329 g/mol. The normalized spacial score (nSPS) is 13.3. The molecule has 0 fully saturated rings. The van der Waals surface area contributed by atoms with Crippen LogP contribution in [-0.2, 0) is 16.6 Å². The molecule has 2 rings (SSSR count). The third kappa shape index (κ3) is 3.75. The number of nitrogens with one attached hydrogen (secondary N) is 1. The Labute approximate surface area is 129 Å². The summed E-state index contributed by atoms with van der Waals surface area (Å²) in [5, 5.41) is 4.42. The highest BCUT2D eigenvalue weighted by Gasteiger charge is 2.19. The Morgan fingerprint density at radius 1 is 1.48 bits per heavy atom. The summed E-state index contributed by atoms with van der Waals surface area (Å²) in [6.07, 6.45) is 3.42. The number of hydrogen-bond acceptors (Lipinski definition) is 4. The molecule has 0 aliphatic heterocycles. The van der Waals surface area contributed by atoms with E-state index in [1.165, 1.54) is 12.1 Å². The van der Waals surface area contributed by atoms with Crippen LogP contribution in [0.2, 0.25) is 5.02 Å². The molecular formula is C13H17ClN4O2S. The van der Waals surface area contributed by atoms with E-state index in [0.717, 1.165) is 0 Å². The molecule has 21 heavy (non-hydrogen) atoms. The van der Waals surface area contributed by atoms with E-state index < -0.39 is 10.0 Å². The van der Waals surface area contributed by atoms with Crippen molar-refractivity contribution in [3.8, 4) is 0 Å². The van der Waals surface area contributed by atoms with Gasteiger partial charge in [-0.2, -0.15) is 5.10 Å². The van der Waals surface area contributed by atoms with Crippen molar-refractivity contribution in [1.29, 1.82) is 0 Å². The van der Waals surface area contributed by atoms with E-state index in [4.69, 9.17) is 17.3 Å². The van der Waals surface area contributed by atoms with Crippen LogP contribution in [0.25, 0.3) is 0 Å². The standard InChI is InChI=1S/C13H17ClN4O2S/c1-9-6-11(7-12(15)13(9)14)21(19,20)17-10(2)8-18-5-3-4-16-18/h3-7,10,17H,8,15H2,1-2H3. The maximum Gasteiger partial charge on any atom is 0.240 e. The van der Waals surface area contributed by atoms with Gasteiger partial charge in [0, 0.05) is 18.4 Å². The highest BCUT2D eigenvalue weighted by atomic mass is 35.5. The number of hydrogen-bond donors (Lipinski definition) is 2. The number of anilines is 1. The summed E-state index contributed by atoms with van der Waals surface area (Å²) in [7, 11) is -3.65. The second-order valence-corrected chi connectivity index (χ2v) is 6.99. The van der Waals surface area contributed by atoms with Crippen molar-refractivity contribution in [2.75, 3.05) is 5.73 Å². The molecule has 2 aromatic rings. The van der Waals surface area contributed by atoms with Gasteiger partial charge in [-0.15, -0.1) is 0 Å². The van der Waals surface area contributed by atoms with Crippen LogP contribution in [0.1, 0.15) is 12.5 Å². The predicted octanol–water partition coefficient (Wildman–Crippen LogP) is 1.79. The monoisotopic (exact) mass is 328 g/mol.